The zero-order chi connectivity index (χ0) is 24.9. The lowest BCUT2D eigenvalue weighted by Gasteiger charge is -2.38. The summed E-state index contributed by atoms with van der Waals surface area (Å²) in [6, 6.07) is 15.7. The Labute approximate surface area is 206 Å². The van der Waals surface area contributed by atoms with Crippen LogP contribution in [-0.2, 0) is 11.2 Å². The molecule has 0 aliphatic carbocycles. The van der Waals surface area contributed by atoms with Crippen molar-refractivity contribution in [3.05, 3.63) is 82.9 Å². The van der Waals surface area contributed by atoms with Crippen LogP contribution in [-0.4, -0.2) is 57.1 Å². The molecule has 1 aromatic heterocycles. The zero-order valence-corrected chi connectivity index (χ0v) is 20.7. The molecule has 4 rings (SSSR count). The van der Waals surface area contributed by atoms with E-state index in [2.05, 4.69) is 12.0 Å². The number of aryl methyl sites for hydroxylation is 1. The molecule has 0 saturated carbocycles. The summed E-state index contributed by atoms with van der Waals surface area (Å²) in [6.07, 6.45) is 2.71. The van der Waals surface area contributed by atoms with Crippen molar-refractivity contribution in [2.45, 2.75) is 52.5 Å². The van der Waals surface area contributed by atoms with Crippen LogP contribution in [0.25, 0.3) is 5.69 Å². The van der Waals surface area contributed by atoms with Gasteiger partial charge in [-0.3, -0.25) is 9.59 Å². The van der Waals surface area contributed by atoms with Crippen LogP contribution in [0.4, 0.5) is 4.39 Å². The van der Waals surface area contributed by atoms with Crippen molar-refractivity contribution in [2.24, 2.45) is 0 Å². The summed E-state index contributed by atoms with van der Waals surface area (Å²) in [5, 5.41) is 4.62. The lowest BCUT2D eigenvalue weighted by atomic mass is 10.00. The van der Waals surface area contributed by atoms with Crippen LogP contribution in [0.2, 0.25) is 0 Å². The van der Waals surface area contributed by atoms with E-state index < -0.39 is 0 Å². The number of likely N-dealkylation sites (tertiary alicyclic amines) is 1. The topological polar surface area (TPSA) is 58.4 Å². The average Bonchev–Trinajstić information content (AvgIpc) is 3.16. The lowest BCUT2D eigenvalue weighted by molar-refractivity contribution is -0.133. The van der Waals surface area contributed by atoms with Gasteiger partial charge in [0.25, 0.3) is 5.91 Å². The molecule has 2 heterocycles. The molecule has 0 bridgehead atoms. The van der Waals surface area contributed by atoms with Gasteiger partial charge >= 0.3 is 0 Å². The first kappa shape index (κ1) is 24.6. The molecular formula is C28H33FN4O2. The summed E-state index contributed by atoms with van der Waals surface area (Å²) in [5.74, 6) is -0.154. The number of piperidine rings is 1. The molecule has 7 heteroatoms. The summed E-state index contributed by atoms with van der Waals surface area (Å²) in [7, 11) is 0. The second-order valence-corrected chi connectivity index (χ2v) is 9.19. The number of benzene rings is 2. The Balaban J connectivity index is 1.44. The van der Waals surface area contributed by atoms with Crippen molar-refractivity contribution >= 4 is 11.8 Å². The van der Waals surface area contributed by atoms with E-state index in [4.69, 9.17) is 0 Å². The Morgan fingerprint density at radius 3 is 2.31 bits per heavy atom. The van der Waals surface area contributed by atoms with Gasteiger partial charge in [-0.1, -0.05) is 25.1 Å². The third-order valence-electron chi connectivity index (χ3n) is 6.84. The third kappa shape index (κ3) is 5.45. The number of carbonyl (C=O) groups is 2. The predicted molar refractivity (Wildman–Crippen MR) is 134 cm³/mol. The van der Waals surface area contributed by atoms with Gasteiger partial charge in [-0.2, -0.15) is 5.10 Å². The SMILES string of the molecule is CCCN(C(=O)Cc1c(C)nn(-c2ccc(F)cc2)c1C)C1CCN(C(=O)c2ccccc2)CC1. The van der Waals surface area contributed by atoms with Gasteiger partial charge in [0, 0.05) is 42.5 Å². The number of aromatic nitrogens is 2. The lowest BCUT2D eigenvalue weighted by Crippen LogP contribution is -2.49. The highest BCUT2D eigenvalue weighted by Crippen LogP contribution is 2.23. The predicted octanol–water partition coefficient (Wildman–Crippen LogP) is 4.71. The molecule has 0 radical (unpaired) electrons. The molecule has 0 spiro atoms. The molecule has 1 saturated heterocycles. The van der Waals surface area contributed by atoms with E-state index in [1.54, 1.807) is 16.8 Å². The molecule has 2 aromatic carbocycles. The zero-order valence-electron chi connectivity index (χ0n) is 20.7. The number of hydrogen-bond acceptors (Lipinski definition) is 3. The Morgan fingerprint density at radius 2 is 1.69 bits per heavy atom. The van der Waals surface area contributed by atoms with Crippen LogP contribution >= 0.6 is 0 Å². The Kier molecular flexibility index (Phi) is 7.63. The minimum absolute atomic E-state index is 0.0527. The number of amides is 2. The van der Waals surface area contributed by atoms with E-state index >= 15 is 0 Å². The maximum Gasteiger partial charge on any atom is 0.253 e. The van der Waals surface area contributed by atoms with Crippen LogP contribution in [0, 0.1) is 19.7 Å². The molecule has 0 atom stereocenters. The number of halogens is 1. The van der Waals surface area contributed by atoms with Crippen LogP contribution in [0.5, 0.6) is 0 Å². The number of rotatable bonds is 7. The standard InChI is InChI=1S/C28H33FN4O2/c1-4-16-32(24-14-17-31(18-15-24)28(35)22-8-6-5-7-9-22)27(34)19-26-20(2)30-33(21(26)3)25-12-10-23(29)11-13-25/h5-13,24H,4,14-19H2,1-3H3. The molecule has 3 aromatic rings. The molecule has 35 heavy (non-hydrogen) atoms. The largest absolute Gasteiger partial charge is 0.339 e. The fourth-order valence-electron chi connectivity index (χ4n) is 4.91. The minimum Gasteiger partial charge on any atom is -0.339 e. The first-order chi connectivity index (χ1) is 16.9. The molecular weight excluding hydrogens is 443 g/mol. The van der Waals surface area contributed by atoms with Gasteiger partial charge in [0.05, 0.1) is 17.8 Å². The van der Waals surface area contributed by atoms with Crippen LogP contribution < -0.4 is 0 Å². The van der Waals surface area contributed by atoms with Crippen molar-refractivity contribution in [1.29, 1.82) is 0 Å². The summed E-state index contributed by atoms with van der Waals surface area (Å²) >= 11 is 0. The summed E-state index contributed by atoms with van der Waals surface area (Å²) in [6.45, 7) is 7.92. The molecule has 1 fully saturated rings. The summed E-state index contributed by atoms with van der Waals surface area (Å²) in [4.78, 5) is 30.2. The van der Waals surface area contributed by atoms with Crippen molar-refractivity contribution in [3.8, 4) is 5.69 Å². The molecule has 0 unspecified atom stereocenters. The van der Waals surface area contributed by atoms with E-state index in [-0.39, 0.29) is 30.1 Å². The second kappa shape index (κ2) is 10.8. The first-order valence-corrected chi connectivity index (χ1v) is 12.3. The first-order valence-electron chi connectivity index (χ1n) is 12.3. The van der Waals surface area contributed by atoms with E-state index in [1.165, 1.54) is 12.1 Å². The maximum absolute atomic E-state index is 13.5. The third-order valence-corrected chi connectivity index (χ3v) is 6.84. The fourth-order valence-corrected chi connectivity index (χ4v) is 4.91. The van der Waals surface area contributed by atoms with Gasteiger partial charge in [-0.25, -0.2) is 9.07 Å². The van der Waals surface area contributed by atoms with Crippen LogP contribution in [0.1, 0.15) is 53.5 Å². The molecule has 184 valence electrons. The normalized spacial score (nSPS) is 14.2. The van der Waals surface area contributed by atoms with Crippen molar-refractivity contribution in [2.75, 3.05) is 19.6 Å². The van der Waals surface area contributed by atoms with E-state index in [0.717, 1.165) is 41.9 Å². The Morgan fingerprint density at radius 1 is 1.03 bits per heavy atom. The van der Waals surface area contributed by atoms with Gasteiger partial charge in [0.1, 0.15) is 5.82 Å². The van der Waals surface area contributed by atoms with Crippen molar-refractivity contribution in [1.82, 2.24) is 19.6 Å². The van der Waals surface area contributed by atoms with Crippen molar-refractivity contribution in [3.63, 3.8) is 0 Å². The van der Waals surface area contributed by atoms with Crippen LogP contribution in [0.15, 0.2) is 54.6 Å². The Bertz CT molecular complexity index is 1170. The highest BCUT2D eigenvalue weighted by molar-refractivity contribution is 5.94. The van der Waals surface area contributed by atoms with Gasteiger partial charge in [0.2, 0.25) is 5.91 Å². The molecule has 2 amide bonds. The van der Waals surface area contributed by atoms with Gasteiger partial charge in [-0.05, 0) is 69.5 Å². The van der Waals surface area contributed by atoms with E-state index in [1.807, 2.05) is 54.0 Å². The number of hydrogen-bond donors (Lipinski definition) is 0. The fraction of sp³-hybridized carbons (Fsp3) is 0.393. The van der Waals surface area contributed by atoms with Gasteiger partial charge in [-0.15, -0.1) is 0 Å². The Hall–Kier alpha value is -3.48. The molecule has 0 N–H and O–H groups in total. The van der Waals surface area contributed by atoms with Crippen LogP contribution in [0.3, 0.4) is 0 Å². The quantitative estimate of drug-likeness (QED) is 0.496. The highest BCUT2D eigenvalue weighted by Gasteiger charge is 2.30. The number of nitrogens with zero attached hydrogens (tertiary/aromatic N) is 4. The van der Waals surface area contributed by atoms with Gasteiger partial charge < -0.3 is 9.80 Å². The summed E-state index contributed by atoms with van der Waals surface area (Å²) in [5.41, 5.74) is 4.09. The summed E-state index contributed by atoms with van der Waals surface area (Å²) < 4.78 is 15.1. The second-order valence-electron chi connectivity index (χ2n) is 9.19. The number of carbonyl (C=O) groups excluding carboxylic acids is 2. The smallest absolute Gasteiger partial charge is 0.253 e. The molecule has 1 aliphatic heterocycles. The average molecular weight is 477 g/mol. The molecule has 6 nitrogen and oxygen atoms in total. The molecule has 1 aliphatic rings. The maximum atomic E-state index is 13.5. The monoisotopic (exact) mass is 476 g/mol. The van der Waals surface area contributed by atoms with Gasteiger partial charge in [0.15, 0.2) is 0 Å². The highest BCUT2D eigenvalue weighted by atomic mass is 19.1. The minimum atomic E-state index is -0.294. The van der Waals surface area contributed by atoms with E-state index in [0.29, 0.717) is 25.2 Å². The van der Waals surface area contributed by atoms with E-state index in [9.17, 15) is 14.0 Å². The van der Waals surface area contributed by atoms with Crippen molar-refractivity contribution < 1.29 is 14.0 Å².